The summed E-state index contributed by atoms with van der Waals surface area (Å²) < 4.78 is 30.1. The third kappa shape index (κ3) is 6.75. The molecule has 11 heteroatoms. The van der Waals surface area contributed by atoms with Crippen LogP contribution in [0.25, 0.3) is 56.1 Å². The van der Waals surface area contributed by atoms with Crippen LogP contribution >= 0.6 is 0 Å². The Hall–Kier alpha value is -6.85. The lowest BCUT2D eigenvalue weighted by Crippen LogP contribution is -2.34. The Morgan fingerprint density at radius 2 is 1.08 bits per heavy atom. The standard InChI is InChI=1S/C20H16FN5O.C19H14FN3/c21-16-6-4-13(5-7-16)14-8-9-26-18(12-23-19(26)11-14)15-2-1-3-17(10-15)24-20(27)25-22;20-16-6-4-13(5-7-16)14-8-9-23-18(12-22-19(23)11-14)15-2-1-3-17(21)10-15/h1-12H,22H2,(H2,24,25,27);1-12H,21H2. The Morgan fingerprint density at radius 1 is 0.580 bits per heavy atom. The van der Waals surface area contributed by atoms with Gasteiger partial charge in [0.05, 0.1) is 23.8 Å². The number of imidazole rings is 2. The van der Waals surface area contributed by atoms with E-state index in [1.807, 2.05) is 99.5 Å². The van der Waals surface area contributed by atoms with Crippen LogP contribution in [0.3, 0.4) is 0 Å². The molecular formula is C39H30F2N8O. The van der Waals surface area contributed by atoms with E-state index in [-0.39, 0.29) is 11.6 Å². The van der Waals surface area contributed by atoms with Crippen molar-refractivity contribution >= 4 is 28.7 Å². The number of amides is 2. The largest absolute Gasteiger partial charge is 0.399 e. The molecule has 0 saturated heterocycles. The summed E-state index contributed by atoms with van der Waals surface area (Å²) in [5, 5.41) is 2.64. The number of hydrazine groups is 1. The van der Waals surface area contributed by atoms with Gasteiger partial charge < -0.3 is 11.1 Å². The van der Waals surface area contributed by atoms with Gasteiger partial charge in [0.2, 0.25) is 0 Å². The van der Waals surface area contributed by atoms with Crippen molar-refractivity contribution in [1.29, 1.82) is 0 Å². The second kappa shape index (κ2) is 13.7. The van der Waals surface area contributed by atoms with Crippen LogP contribution in [0.2, 0.25) is 0 Å². The molecule has 8 aromatic rings. The van der Waals surface area contributed by atoms with Crippen molar-refractivity contribution in [1.82, 2.24) is 24.2 Å². The molecule has 2 amide bonds. The number of halogens is 2. The van der Waals surface area contributed by atoms with E-state index in [0.717, 1.165) is 61.8 Å². The molecule has 8 rings (SSSR count). The zero-order valence-electron chi connectivity index (χ0n) is 26.5. The maximum atomic E-state index is 13.1. The molecule has 0 fully saturated rings. The Labute approximate surface area is 285 Å². The Kier molecular flexibility index (Phi) is 8.70. The molecule has 0 aliphatic rings. The monoisotopic (exact) mass is 664 g/mol. The Bertz CT molecular complexity index is 2450. The number of urea groups is 1. The molecule has 4 aromatic carbocycles. The number of nitrogens with zero attached hydrogens (tertiary/aromatic N) is 4. The van der Waals surface area contributed by atoms with E-state index in [2.05, 4.69) is 15.3 Å². The molecule has 0 bridgehead atoms. The number of anilines is 2. The van der Waals surface area contributed by atoms with E-state index in [0.29, 0.717) is 5.69 Å². The van der Waals surface area contributed by atoms with Crippen LogP contribution in [0.5, 0.6) is 0 Å². The minimum absolute atomic E-state index is 0.236. The quantitative estimate of drug-likeness (QED) is 0.0639. The molecule has 0 unspecified atom stereocenters. The van der Waals surface area contributed by atoms with Gasteiger partial charge in [-0.2, -0.15) is 0 Å². The first-order valence-corrected chi connectivity index (χ1v) is 15.5. The fourth-order valence-corrected chi connectivity index (χ4v) is 5.65. The number of nitrogen functional groups attached to an aromatic ring is 1. The highest BCUT2D eigenvalue weighted by molar-refractivity contribution is 5.89. The molecule has 0 aliphatic heterocycles. The third-order valence-electron chi connectivity index (χ3n) is 8.11. The van der Waals surface area contributed by atoms with Crippen LogP contribution in [0.4, 0.5) is 25.0 Å². The SMILES string of the molecule is NNC(=O)Nc1cccc(-c2cnc3cc(-c4ccc(F)cc4)ccn23)c1.Nc1cccc(-c2cnc3cc(-c4ccc(F)cc4)ccn23)c1. The highest BCUT2D eigenvalue weighted by Crippen LogP contribution is 2.28. The highest BCUT2D eigenvalue weighted by atomic mass is 19.1. The predicted octanol–water partition coefficient (Wildman–Crippen LogP) is 8.19. The molecule has 246 valence electrons. The maximum absolute atomic E-state index is 13.1. The zero-order valence-corrected chi connectivity index (χ0v) is 26.5. The van der Waals surface area contributed by atoms with Crippen molar-refractivity contribution in [3.63, 3.8) is 0 Å². The van der Waals surface area contributed by atoms with Gasteiger partial charge in [-0.25, -0.2) is 29.4 Å². The first kappa shape index (κ1) is 31.7. The van der Waals surface area contributed by atoms with Crippen molar-refractivity contribution in [2.45, 2.75) is 0 Å². The first-order chi connectivity index (χ1) is 24.3. The van der Waals surface area contributed by atoms with Crippen molar-refractivity contribution in [3.05, 3.63) is 158 Å². The molecular weight excluding hydrogens is 634 g/mol. The number of nitrogens with one attached hydrogen (secondary N) is 2. The molecule has 50 heavy (non-hydrogen) atoms. The second-order valence-corrected chi connectivity index (χ2v) is 11.4. The molecule has 6 N–H and O–H groups in total. The summed E-state index contributed by atoms with van der Waals surface area (Å²) in [6, 6.07) is 35.3. The number of pyridine rings is 2. The molecule has 0 saturated carbocycles. The third-order valence-corrected chi connectivity index (χ3v) is 8.11. The van der Waals surface area contributed by atoms with Gasteiger partial charge in [0.15, 0.2) is 0 Å². The summed E-state index contributed by atoms with van der Waals surface area (Å²) in [7, 11) is 0. The topological polar surface area (TPSA) is 128 Å². The summed E-state index contributed by atoms with van der Waals surface area (Å²) in [6.07, 6.45) is 7.49. The fourth-order valence-electron chi connectivity index (χ4n) is 5.65. The van der Waals surface area contributed by atoms with Crippen molar-refractivity contribution in [3.8, 4) is 44.8 Å². The van der Waals surface area contributed by atoms with Crippen LogP contribution in [-0.2, 0) is 0 Å². The summed E-state index contributed by atoms with van der Waals surface area (Å²) >= 11 is 0. The van der Waals surface area contributed by atoms with Crippen LogP contribution in [-0.4, -0.2) is 24.8 Å². The van der Waals surface area contributed by atoms with Crippen molar-refractivity contribution in [2.24, 2.45) is 5.84 Å². The molecule has 0 spiro atoms. The van der Waals surface area contributed by atoms with Gasteiger partial charge in [0.1, 0.15) is 22.9 Å². The number of benzene rings is 4. The predicted molar refractivity (Wildman–Crippen MR) is 193 cm³/mol. The first-order valence-electron chi connectivity index (χ1n) is 15.5. The average molecular weight is 665 g/mol. The van der Waals surface area contributed by atoms with E-state index in [1.165, 1.54) is 24.3 Å². The summed E-state index contributed by atoms with van der Waals surface area (Å²) in [4.78, 5) is 20.3. The van der Waals surface area contributed by atoms with Crippen molar-refractivity contribution < 1.29 is 13.6 Å². The van der Waals surface area contributed by atoms with Gasteiger partial charge >= 0.3 is 6.03 Å². The zero-order chi connectivity index (χ0) is 34.6. The molecule has 4 aromatic heterocycles. The van der Waals surface area contributed by atoms with Crippen LogP contribution < -0.4 is 22.3 Å². The number of fused-ring (bicyclic) bond motifs is 2. The molecule has 0 aliphatic carbocycles. The lowest BCUT2D eigenvalue weighted by molar-refractivity contribution is 0.252. The van der Waals surface area contributed by atoms with Crippen LogP contribution in [0.1, 0.15) is 0 Å². The number of hydrogen-bond acceptors (Lipinski definition) is 5. The average Bonchev–Trinajstić information content (AvgIpc) is 3.77. The summed E-state index contributed by atoms with van der Waals surface area (Å²) in [6.45, 7) is 0. The second-order valence-electron chi connectivity index (χ2n) is 11.4. The maximum Gasteiger partial charge on any atom is 0.333 e. The van der Waals surface area contributed by atoms with Gasteiger partial charge in [-0.3, -0.25) is 14.2 Å². The van der Waals surface area contributed by atoms with E-state index in [1.54, 1.807) is 36.5 Å². The minimum atomic E-state index is -0.491. The van der Waals surface area contributed by atoms with Gasteiger partial charge in [-0.1, -0.05) is 48.5 Å². The Balaban J connectivity index is 0.000000159. The lowest BCUT2D eigenvalue weighted by Gasteiger charge is -2.08. The van der Waals surface area contributed by atoms with Gasteiger partial charge in [-0.05, 0) is 95.1 Å². The van der Waals surface area contributed by atoms with E-state index < -0.39 is 6.03 Å². The molecule has 0 atom stereocenters. The number of aromatic nitrogens is 4. The van der Waals surface area contributed by atoms with Crippen molar-refractivity contribution in [2.75, 3.05) is 11.1 Å². The normalized spacial score (nSPS) is 10.9. The number of hydrogen-bond donors (Lipinski definition) is 4. The molecule has 0 radical (unpaired) electrons. The summed E-state index contributed by atoms with van der Waals surface area (Å²) in [5.74, 6) is 4.60. The lowest BCUT2D eigenvalue weighted by atomic mass is 10.1. The smallest absolute Gasteiger partial charge is 0.333 e. The van der Waals surface area contributed by atoms with Gasteiger partial charge in [0.25, 0.3) is 0 Å². The number of carbonyl (C=O) groups is 1. The Morgan fingerprint density at radius 3 is 1.58 bits per heavy atom. The fraction of sp³-hybridized carbons (Fsp3) is 0. The van der Waals surface area contributed by atoms with E-state index in [9.17, 15) is 13.6 Å². The number of carbonyl (C=O) groups excluding carboxylic acids is 1. The highest BCUT2D eigenvalue weighted by Gasteiger charge is 2.10. The van der Waals surface area contributed by atoms with Crippen LogP contribution in [0.15, 0.2) is 146 Å². The molecule has 4 heterocycles. The molecule has 9 nitrogen and oxygen atoms in total. The number of rotatable bonds is 5. The summed E-state index contributed by atoms with van der Waals surface area (Å²) in [5.41, 5.74) is 18.5. The van der Waals surface area contributed by atoms with Gasteiger partial charge in [-0.15, -0.1) is 0 Å². The van der Waals surface area contributed by atoms with E-state index in [4.69, 9.17) is 11.6 Å². The van der Waals surface area contributed by atoms with Crippen LogP contribution in [0, 0.1) is 11.6 Å². The van der Waals surface area contributed by atoms with E-state index >= 15 is 0 Å². The minimum Gasteiger partial charge on any atom is -0.399 e. The van der Waals surface area contributed by atoms with Gasteiger partial charge in [0, 0.05) is 34.9 Å². The number of nitrogens with two attached hydrogens (primary N) is 2.